The maximum absolute atomic E-state index is 11.5. The van der Waals surface area contributed by atoms with Gasteiger partial charge in [-0.05, 0) is 63.9 Å². The topological polar surface area (TPSA) is 80.9 Å². The van der Waals surface area contributed by atoms with E-state index in [1.807, 2.05) is 60.7 Å². The van der Waals surface area contributed by atoms with Gasteiger partial charge in [-0.15, -0.1) is 0 Å². The van der Waals surface area contributed by atoms with Crippen LogP contribution < -0.4 is 0 Å². The summed E-state index contributed by atoms with van der Waals surface area (Å²) in [6.07, 6.45) is 0. The molecule has 37 heavy (non-hydrogen) atoms. The lowest BCUT2D eigenvalue weighted by atomic mass is 9.80. The van der Waals surface area contributed by atoms with Crippen molar-refractivity contribution in [3.8, 4) is 34.1 Å². The van der Waals surface area contributed by atoms with Crippen molar-refractivity contribution in [1.29, 1.82) is 0 Å². The van der Waals surface area contributed by atoms with Gasteiger partial charge in [-0.2, -0.15) is 0 Å². The predicted octanol–water partition coefficient (Wildman–Crippen LogP) is 7.66. The molecule has 0 bridgehead atoms. The molecular formula is C33H24O4. The molecule has 6 aromatic rings. The maximum atomic E-state index is 11.5. The van der Waals surface area contributed by atoms with E-state index in [0.29, 0.717) is 32.7 Å². The van der Waals surface area contributed by atoms with Gasteiger partial charge < -0.3 is 20.4 Å². The molecule has 0 aromatic heterocycles. The van der Waals surface area contributed by atoms with Crippen molar-refractivity contribution in [3.63, 3.8) is 0 Å². The highest BCUT2D eigenvalue weighted by atomic mass is 16.3. The zero-order valence-corrected chi connectivity index (χ0v) is 19.8. The first-order chi connectivity index (χ1) is 18.0. The number of phenolic OH excluding ortho intramolecular Hbond substituents is 4. The molecule has 0 saturated heterocycles. The zero-order chi connectivity index (χ0) is 25.5. The number of rotatable bonds is 4. The van der Waals surface area contributed by atoms with E-state index in [2.05, 4.69) is 12.1 Å². The van der Waals surface area contributed by atoms with Crippen LogP contribution in [0.5, 0.6) is 23.0 Å². The summed E-state index contributed by atoms with van der Waals surface area (Å²) in [6, 6.07) is 35.2. The first-order valence-corrected chi connectivity index (χ1v) is 12.0. The van der Waals surface area contributed by atoms with Crippen LogP contribution >= 0.6 is 0 Å². The summed E-state index contributed by atoms with van der Waals surface area (Å²) < 4.78 is 0. The van der Waals surface area contributed by atoms with Crippen molar-refractivity contribution in [1.82, 2.24) is 0 Å². The minimum atomic E-state index is -0.534. The predicted molar refractivity (Wildman–Crippen MR) is 147 cm³/mol. The van der Waals surface area contributed by atoms with E-state index in [0.717, 1.165) is 16.7 Å². The van der Waals surface area contributed by atoms with E-state index in [9.17, 15) is 20.4 Å². The second-order valence-corrected chi connectivity index (χ2v) is 9.20. The molecule has 0 heterocycles. The van der Waals surface area contributed by atoms with Gasteiger partial charge in [0.15, 0.2) is 0 Å². The van der Waals surface area contributed by atoms with Crippen LogP contribution in [0, 0.1) is 0 Å². The quantitative estimate of drug-likeness (QED) is 0.194. The summed E-state index contributed by atoms with van der Waals surface area (Å²) in [4.78, 5) is 0. The standard InChI is InChI=1S/C33H24O4/c34-24-14-16-25-23(19-24)13-15-28(33(25)37)31(22-11-9-21(10-12-22)20-5-2-1-3-6-20)32-27-7-4-8-29(35)26(27)17-18-30(32)36/h1-19,31,34-37H. The summed E-state index contributed by atoms with van der Waals surface area (Å²) in [5.41, 5.74) is 4.23. The lowest BCUT2D eigenvalue weighted by molar-refractivity contribution is 0.462. The highest BCUT2D eigenvalue weighted by Gasteiger charge is 2.26. The van der Waals surface area contributed by atoms with Crippen LogP contribution in [0.3, 0.4) is 0 Å². The van der Waals surface area contributed by atoms with Gasteiger partial charge in [0, 0.05) is 27.8 Å². The van der Waals surface area contributed by atoms with Gasteiger partial charge >= 0.3 is 0 Å². The molecule has 180 valence electrons. The van der Waals surface area contributed by atoms with Gasteiger partial charge in [0.2, 0.25) is 0 Å². The van der Waals surface area contributed by atoms with E-state index in [-0.39, 0.29) is 23.0 Å². The molecule has 6 aromatic carbocycles. The van der Waals surface area contributed by atoms with E-state index >= 15 is 0 Å². The minimum Gasteiger partial charge on any atom is -0.508 e. The molecule has 0 aliphatic heterocycles. The fourth-order valence-corrected chi connectivity index (χ4v) is 5.21. The molecule has 4 nitrogen and oxygen atoms in total. The Morgan fingerprint density at radius 2 is 1.22 bits per heavy atom. The summed E-state index contributed by atoms with van der Waals surface area (Å²) in [5, 5.41) is 45.7. The Balaban J connectivity index is 1.62. The monoisotopic (exact) mass is 484 g/mol. The second-order valence-electron chi connectivity index (χ2n) is 9.20. The lowest BCUT2D eigenvalue weighted by Crippen LogP contribution is -2.06. The van der Waals surface area contributed by atoms with Gasteiger partial charge in [-0.25, -0.2) is 0 Å². The van der Waals surface area contributed by atoms with Crippen LogP contribution in [0.4, 0.5) is 0 Å². The average Bonchev–Trinajstić information content (AvgIpc) is 2.92. The van der Waals surface area contributed by atoms with Gasteiger partial charge in [0.25, 0.3) is 0 Å². The zero-order valence-electron chi connectivity index (χ0n) is 19.8. The molecule has 1 unspecified atom stereocenters. The molecule has 0 saturated carbocycles. The van der Waals surface area contributed by atoms with E-state index in [1.54, 1.807) is 42.5 Å². The first kappa shape index (κ1) is 22.5. The fraction of sp³-hybridized carbons (Fsp3) is 0.0303. The summed E-state index contributed by atoms with van der Waals surface area (Å²) in [6.45, 7) is 0. The van der Waals surface area contributed by atoms with Crippen LogP contribution in [0.1, 0.15) is 22.6 Å². The molecule has 1 atom stereocenters. The van der Waals surface area contributed by atoms with Crippen molar-refractivity contribution in [3.05, 3.63) is 132 Å². The third-order valence-electron chi connectivity index (χ3n) is 7.01. The van der Waals surface area contributed by atoms with Crippen molar-refractivity contribution in [2.75, 3.05) is 0 Å². The normalized spacial score (nSPS) is 12.1. The second kappa shape index (κ2) is 8.92. The first-order valence-electron chi connectivity index (χ1n) is 12.0. The van der Waals surface area contributed by atoms with Crippen LogP contribution in [0.15, 0.2) is 115 Å². The number of aromatic hydroxyl groups is 4. The number of hydrogen-bond donors (Lipinski definition) is 4. The molecule has 6 rings (SSSR count). The number of fused-ring (bicyclic) bond motifs is 2. The van der Waals surface area contributed by atoms with Crippen molar-refractivity contribution < 1.29 is 20.4 Å². The van der Waals surface area contributed by atoms with Gasteiger partial charge in [-0.1, -0.05) is 78.9 Å². The molecule has 0 fully saturated rings. The highest BCUT2D eigenvalue weighted by Crippen LogP contribution is 2.47. The third-order valence-corrected chi connectivity index (χ3v) is 7.01. The van der Waals surface area contributed by atoms with E-state index in [4.69, 9.17) is 0 Å². The van der Waals surface area contributed by atoms with E-state index < -0.39 is 5.92 Å². The average molecular weight is 485 g/mol. The fourth-order valence-electron chi connectivity index (χ4n) is 5.21. The molecule has 0 aliphatic rings. The minimum absolute atomic E-state index is 0.0699. The van der Waals surface area contributed by atoms with Crippen LogP contribution in [-0.2, 0) is 0 Å². The molecular weight excluding hydrogens is 460 g/mol. The molecule has 0 spiro atoms. The Bertz CT molecular complexity index is 1760. The Hall–Kier alpha value is -4.96. The van der Waals surface area contributed by atoms with Crippen LogP contribution in [-0.4, -0.2) is 20.4 Å². The Morgan fingerprint density at radius 1 is 0.486 bits per heavy atom. The maximum Gasteiger partial charge on any atom is 0.127 e. The molecule has 0 radical (unpaired) electrons. The largest absolute Gasteiger partial charge is 0.508 e. The Kier molecular flexibility index (Phi) is 5.42. The summed E-state index contributed by atoms with van der Waals surface area (Å²) >= 11 is 0. The molecule has 4 heteroatoms. The third kappa shape index (κ3) is 3.89. The number of hydrogen-bond acceptors (Lipinski definition) is 4. The SMILES string of the molecule is Oc1ccc2c(O)c(C(c3ccc(-c4ccccc4)cc3)c3c(O)ccc4c(O)cccc34)ccc2c1. The van der Waals surface area contributed by atoms with Gasteiger partial charge in [0.1, 0.15) is 23.0 Å². The van der Waals surface area contributed by atoms with Gasteiger partial charge in [0.05, 0.1) is 0 Å². The number of phenols is 4. The highest BCUT2D eigenvalue weighted by molar-refractivity contribution is 5.95. The van der Waals surface area contributed by atoms with Gasteiger partial charge in [-0.3, -0.25) is 0 Å². The molecule has 0 aliphatic carbocycles. The van der Waals surface area contributed by atoms with Crippen LogP contribution in [0.25, 0.3) is 32.7 Å². The lowest BCUT2D eigenvalue weighted by Gasteiger charge is -2.24. The van der Waals surface area contributed by atoms with E-state index in [1.165, 1.54) is 0 Å². The summed E-state index contributed by atoms with van der Waals surface area (Å²) in [5.74, 6) is -0.148. The van der Waals surface area contributed by atoms with Crippen molar-refractivity contribution in [2.24, 2.45) is 0 Å². The van der Waals surface area contributed by atoms with Crippen molar-refractivity contribution in [2.45, 2.75) is 5.92 Å². The Morgan fingerprint density at radius 3 is 2.00 bits per heavy atom. The number of benzene rings is 6. The summed E-state index contributed by atoms with van der Waals surface area (Å²) in [7, 11) is 0. The van der Waals surface area contributed by atoms with Crippen LogP contribution in [0.2, 0.25) is 0 Å². The smallest absolute Gasteiger partial charge is 0.127 e. The molecule has 4 N–H and O–H groups in total. The van der Waals surface area contributed by atoms with Crippen molar-refractivity contribution >= 4 is 21.5 Å². The Labute approximate surface area is 214 Å². The molecule has 0 amide bonds.